The maximum absolute atomic E-state index is 9.73. The minimum atomic E-state index is -0.339. The van der Waals surface area contributed by atoms with Crippen molar-refractivity contribution in [3.8, 4) is 0 Å². The molecule has 1 aromatic carbocycles. The van der Waals surface area contributed by atoms with Crippen LogP contribution in [-0.4, -0.2) is 23.8 Å². The lowest BCUT2D eigenvalue weighted by Gasteiger charge is -2.14. The summed E-state index contributed by atoms with van der Waals surface area (Å²) in [4.78, 5) is 0. The number of hydrogen-bond donors (Lipinski definition) is 2. The summed E-state index contributed by atoms with van der Waals surface area (Å²) >= 11 is 5.78. The predicted octanol–water partition coefficient (Wildman–Crippen LogP) is 2.24. The van der Waals surface area contributed by atoms with Crippen LogP contribution in [0, 0.1) is 0 Å². The smallest absolute Gasteiger partial charge is 0.0704 e. The van der Waals surface area contributed by atoms with E-state index in [0.717, 1.165) is 10.6 Å². The number of benzene rings is 1. The van der Waals surface area contributed by atoms with Gasteiger partial charge in [0.15, 0.2) is 0 Å². The van der Waals surface area contributed by atoms with Crippen molar-refractivity contribution < 1.29 is 5.11 Å². The second-order valence-electron chi connectivity index (χ2n) is 4.05. The van der Waals surface area contributed by atoms with Gasteiger partial charge in [0.25, 0.3) is 0 Å². The quantitative estimate of drug-likeness (QED) is 0.809. The van der Waals surface area contributed by atoms with Gasteiger partial charge in [-0.1, -0.05) is 37.6 Å². The van der Waals surface area contributed by atoms with Crippen LogP contribution in [0.3, 0.4) is 0 Å². The van der Waals surface area contributed by atoms with E-state index in [4.69, 9.17) is 11.6 Å². The van der Waals surface area contributed by atoms with Crippen LogP contribution in [0.25, 0.3) is 0 Å². The Labute approximate surface area is 96.3 Å². The van der Waals surface area contributed by atoms with E-state index in [1.165, 1.54) is 0 Å². The van der Waals surface area contributed by atoms with Crippen molar-refractivity contribution in [3.63, 3.8) is 0 Å². The van der Waals surface area contributed by atoms with Gasteiger partial charge in [-0.15, -0.1) is 0 Å². The number of aliphatic hydroxyl groups excluding tert-OH is 1. The van der Waals surface area contributed by atoms with Crippen LogP contribution >= 0.6 is 11.6 Å². The van der Waals surface area contributed by atoms with Gasteiger partial charge in [-0.05, 0) is 24.1 Å². The Morgan fingerprint density at radius 1 is 1.27 bits per heavy atom. The number of rotatable bonds is 5. The summed E-state index contributed by atoms with van der Waals surface area (Å²) < 4.78 is 0. The normalized spacial score (nSPS) is 13.1. The maximum Gasteiger partial charge on any atom is 0.0704 e. The van der Waals surface area contributed by atoms with Crippen LogP contribution in [0.15, 0.2) is 24.3 Å². The fourth-order valence-corrected chi connectivity index (χ4v) is 1.46. The van der Waals surface area contributed by atoms with Crippen LogP contribution in [0.5, 0.6) is 0 Å². The lowest BCUT2D eigenvalue weighted by atomic mass is 10.1. The second kappa shape index (κ2) is 6.11. The molecule has 0 fully saturated rings. The van der Waals surface area contributed by atoms with Crippen molar-refractivity contribution in [1.82, 2.24) is 5.32 Å². The highest BCUT2D eigenvalue weighted by molar-refractivity contribution is 6.30. The standard InChI is InChI=1S/C12H18ClNO/c1-9(2)14-8-12(15)7-10-3-5-11(13)6-4-10/h3-6,9,12,14-15H,7-8H2,1-2H3. The van der Waals surface area contributed by atoms with E-state index < -0.39 is 0 Å². The summed E-state index contributed by atoms with van der Waals surface area (Å²) in [5.74, 6) is 0. The molecule has 0 amide bonds. The van der Waals surface area contributed by atoms with Crippen molar-refractivity contribution in [2.75, 3.05) is 6.54 Å². The Morgan fingerprint density at radius 3 is 2.40 bits per heavy atom. The van der Waals surface area contributed by atoms with E-state index in [-0.39, 0.29) is 6.10 Å². The zero-order chi connectivity index (χ0) is 11.3. The van der Waals surface area contributed by atoms with Gasteiger partial charge in [-0.25, -0.2) is 0 Å². The molecule has 1 rings (SSSR count). The van der Waals surface area contributed by atoms with Crippen LogP contribution in [0.4, 0.5) is 0 Å². The Kier molecular flexibility index (Phi) is 5.09. The number of aliphatic hydroxyl groups is 1. The molecule has 1 atom stereocenters. The Morgan fingerprint density at radius 2 is 1.87 bits per heavy atom. The highest BCUT2D eigenvalue weighted by Crippen LogP contribution is 2.10. The summed E-state index contributed by atoms with van der Waals surface area (Å²) in [6.45, 7) is 4.75. The Bertz CT molecular complexity index is 284. The first-order valence-electron chi connectivity index (χ1n) is 5.24. The minimum absolute atomic E-state index is 0.339. The summed E-state index contributed by atoms with van der Waals surface area (Å²) in [6.07, 6.45) is 0.324. The van der Waals surface area contributed by atoms with Crippen LogP contribution in [-0.2, 0) is 6.42 Å². The second-order valence-corrected chi connectivity index (χ2v) is 4.48. The van der Waals surface area contributed by atoms with Crippen molar-refractivity contribution >= 4 is 11.6 Å². The molecule has 0 aliphatic rings. The first kappa shape index (κ1) is 12.5. The molecule has 3 heteroatoms. The molecule has 0 aliphatic heterocycles. The predicted molar refractivity (Wildman–Crippen MR) is 64.3 cm³/mol. The topological polar surface area (TPSA) is 32.3 Å². The summed E-state index contributed by atoms with van der Waals surface area (Å²) in [5.41, 5.74) is 1.11. The SMILES string of the molecule is CC(C)NCC(O)Cc1ccc(Cl)cc1. The third-order valence-electron chi connectivity index (χ3n) is 2.15. The largest absolute Gasteiger partial charge is 0.391 e. The van der Waals surface area contributed by atoms with Gasteiger partial charge in [0.2, 0.25) is 0 Å². The molecule has 15 heavy (non-hydrogen) atoms. The first-order valence-corrected chi connectivity index (χ1v) is 5.61. The molecule has 2 nitrogen and oxygen atoms in total. The minimum Gasteiger partial charge on any atom is -0.391 e. The van der Waals surface area contributed by atoms with Gasteiger partial charge in [0.05, 0.1) is 6.10 Å². The molecule has 2 N–H and O–H groups in total. The van der Waals surface area contributed by atoms with Gasteiger partial charge in [-0.2, -0.15) is 0 Å². The highest BCUT2D eigenvalue weighted by Gasteiger charge is 2.05. The van der Waals surface area contributed by atoms with Crippen molar-refractivity contribution in [2.24, 2.45) is 0 Å². The molecular weight excluding hydrogens is 210 g/mol. The molecule has 1 aromatic rings. The average molecular weight is 228 g/mol. The lowest BCUT2D eigenvalue weighted by molar-refractivity contribution is 0.169. The third-order valence-corrected chi connectivity index (χ3v) is 2.40. The molecule has 84 valence electrons. The fourth-order valence-electron chi connectivity index (χ4n) is 1.34. The van der Waals surface area contributed by atoms with Gasteiger partial charge in [0, 0.05) is 17.6 Å². The van der Waals surface area contributed by atoms with E-state index in [1.54, 1.807) is 0 Å². The van der Waals surface area contributed by atoms with Crippen LogP contribution < -0.4 is 5.32 Å². The molecule has 0 aromatic heterocycles. The number of hydrogen-bond acceptors (Lipinski definition) is 2. The van der Waals surface area contributed by atoms with E-state index in [0.29, 0.717) is 19.0 Å². The molecule has 0 aliphatic carbocycles. The Balaban J connectivity index is 2.37. The third kappa shape index (κ3) is 5.17. The van der Waals surface area contributed by atoms with E-state index in [1.807, 2.05) is 24.3 Å². The van der Waals surface area contributed by atoms with Crippen molar-refractivity contribution in [2.45, 2.75) is 32.4 Å². The first-order chi connectivity index (χ1) is 7.08. The fraction of sp³-hybridized carbons (Fsp3) is 0.500. The van der Waals surface area contributed by atoms with Gasteiger partial charge in [0.1, 0.15) is 0 Å². The molecule has 0 heterocycles. The Hall–Kier alpha value is -0.570. The van der Waals surface area contributed by atoms with E-state index in [2.05, 4.69) is 19.2 Å². The van der Waals surface area contributed by atoms with E-state index >= 15 is 0 Å². The van der Waals surface area contributed by atoms with E-state index in [9.17, 15) is 5.11 Å². The number of nitrogens with one attached hydrogen (secondary N) is 1. The van der Waals surface area contributed by atoms with Crippen molar-refractivity contribution in [1.29, 1.82) is 0 Å². The number of halogens is 1. The molecule has 1 unspecified atom stereocenters. The highest BCUT2D eigenvalue weighted by atomic mass is 35.5. The molecule has 0 saturated carbocycles. The zero-order valence-electron chi connectivity index (χ0n) is 9.20. The molecule has 0 spiro atoms. The van der Waals surface area contributed by atoms with Gasteiger partial charge in [-0.3, -0.25) is 0 Å². The molecule has 0 radical (unpaired) electrons. The van der Waals surface area contributed by atoms with Gasteiger partial charge < -0.3 is 10.4 Å². The summed E-state index contributed by atoms with van der Waals surface area (Å²) in [7, 11) is 0. The molecular formula is C12H18ClNO. The van der Waals surface area contributed by atoms with Gasteiger partial charge >= 0.3 is 0 Å². The lowest BCUT2D eigenvalue weighted by Crippen LogP contribution is -2.32. The monoisotopic (exact) mass is 227 g/mol. The molecule has 0 saturated heterocycles. The maximum atomic E-state index is 9.73. The summed E-state index contributed by atoms with van der Waals surface area (Å²) in [6, 6.07) is 7.99. The summed E-state index contributed by atoms with van der Waals surface area (Å²) in [5, 5.41) is 13.7. The average Bonchev–Trinajstić information content (AvgIpc) is 2.19. The van der Waals surface area contributed by atoms with Crippen LogP contribution in [0.1, 0.15) is 19.4 Å². The zero-order valence-corrected chi connectivity index (χ0v) is 9.96. The van der Waals surface area contributed by atoms with Crippen LogP contribution in [0.2, 0.25) is 5.02 Å². The molecule has 0 bridgehead atoms. The van der Waals surface area contributed by atoms with Crippen molar-refractivity contribution in [3.05, 3.63) is 34.9 Å².